The van der Waals surface area contributed by atoms with Gasteiger partial charge in [-0.15, -0.1) is 0 Å². The van der Waals surface area contributed by atoms with Crippen LogP contribution in [0.5, 0.6) is 0 Å². The third kappa shape index (κ3) is 4.31. The zero-order chi connectivity index (χ0) is 13.6. The maximum absolute atomic E-state index is 12.0. The van der Waals surface area contributed by atoms with Gasteiger partial charge in [0.2, 0.25) is 0 Å². The Bertz CT molecular complexity index is 408. The normalized spacial score (nSPS) is 14.0. The quantitative estimate of drug-likeness (QED) is 0.820. The van der Waals surface area contributed by atoms with E-state index < -0.39 is 5.60 Å². The molecule has 5 heteroatoms. The fourth-order valence-corrected chi connectivity index (χ4v) is 2.38. The lowest BCUT2D eigenvalue weighted by Gasteiger charge is -2.22. The van der Waals surface area contributed by atoms with Crippen LogP contribution in [0.1, 0.15) is 29.8 Å². The zero-order valence-electron chi connectivity index (χ0n) is 11.1. The molecule has 100 valence electrons. The number of carbonyl (C=O) groups excluding carboxylic acids is 1. The average molecular weight is 268 g/mol. The molecular weight excluding hydrogens is 248 g/mol. The number of aromatic nitrogens is 1. The number of aliphatic hydroxyl groups is 1. The van der Waals surface area contributed by atoms with Crippen molar-refractivity contribution in [1.82, 2.24) is 10.3 Å². The highest BCUT2D eigenvalue weighted by Gasteiger charge is 2.21. The van der Waals surface area contributed by atoms with E-state index in [-0.39, 0.29) is 12.5 Å². The molecule has 0 fully saturated rings. The van der Waals surface area contributed by atoms with E-state index in [1.165, 1.54) is 0 Å². The summed E-state index contributed by atoms with van der Waals surface area (Å²) in [6, 6.07) is 1.71. The van der Waals surface area contributed by atoms with E-state index >= 15 is 0 Å². The second kappa shape index (κ2) is 6.75. The largest absolute Gasteiger partial charge is 0.387 e. The van der Waals surface area contributed by atoms with E-state index in [4.69, 9.17) is 0 Å². The second-order valence-corrected chi connectivity index (χ2v) is 5.37. The summed E-state index contributed by atoms with van der Waals surface area (Å²) >= 11 is 1.55. The van der Waals surface area contributed by atoms with E-state index in [9.17, 15) is 9.90 Å². The van der Waals surface area contributed by atoms with Crippen LogP contribution in [0, 0.1) is 0 Å². The molecule has 2 N–H and O–H groups in total. The van der Waals surface area contributed by atoms with Gasteiger partial charge in [-0.25, -0.2) is 0 Å². The fraction of sp³-hybridized carbons (Fsp3) is 0.538. The molecule has 0 aliphatic heterocycles. The smallest absolute Gasteiger partial charge is 0.251 e. The molecule has 1 atom stereocenters. The molecule has 1 heterocycles. The third-order valence-corrected chi connectivity index (χ3v) is 3.52. The molecule has 0 saturated heterocycles. The van der Waals surface area contributed by atoms with Gasteiger partial charge in [0, 0.05) is 30.3 Å². The number of nitrogens with zero attached hydrogens (tertiary/aromatic N) is 1. The number of amides is 1. The molecule has 1 amide bonds. The van der Waals surface area contributed by atoms with Crippen molar-refractivity contribution in [2.75, 3.05) is 18.6 Å². The number of hydrogen-bond acceptors (Lipinski definition) is 4. The Kier molecular flexibility index (Phi) is 5.62. The van der Waals surface area contributed by atoms with Crippen LogP contribution in [-0.2, 0) is 6.42 Å². The van der Waals surface area contributed by atoms with Crippen LogP contribution in [0.4, 0.5) is 0 Å². The van der Waals surface area contributed by atoms with Crippen LogP contribution in [0.15, 0.2) is 18.5 Å². The predicted octanol–water partition coefficient (Wildman–Crippen LogP) is 1.49. The molecule has 1 aromatic rings. The van der Waals surface area contributed by atoms with Crippen molar-refractivity contribution in [3.05, 3.63) is 29.6 Å². The number of carbonyl (C=O) groups is 1. The molecular formula is C13H20N2O2S. The monoisotopic (exact) mass is 268 g/mol. The first kappa shape index (κ1) is 15.0. The Morgan fingerprint density at radius 3 is 2.94 bits per heavy atom. The first-order valence-electron chi connectivity index (χ1n) is 5.92. The van der Waals surface area contributed by atoms with Gasteiger partial charge in [0.15, 0.2) is 0 Å². The van der Waals surface area contributed by atoms with Crippen molar-refractivity contribution in [2.24, 2.45) is 0 Å². The second-order valence-electron chi connectivity index (χ2n) is 4.50. The third-order valence-electron chi connectivity index (χ3n) is 2.61. The van der Waals surface area contributed by atoms with Crippen LogP contribution in [0.2, 0.25) is 0 Å². The highest BCUT2D eigenvalue weighted by molar-refractivity contribution is 7.98. The Morgan fingerprint density at radius 1 is 1.61 bits per heavy atom. The van der Waals surface area contributed by atoms with Crippen molar-refractivity contribution in [1.29, 1.82) is 0 Å². The van der Waals surface area contributed by atoms with E-state index in [2.05, 4.69) is 10.3 Å². The van der Waals surface area contributed by atoms with Gasteiger partial charge in [0.05, 0.1) is 5.60 Å². The minimum absolute atomic E-state index is 0.157. The molecule has 18 heavy (non-hydrogen) atoms. The van der Waals surface area contributed by atoms with Crippen molar-refractivity contribution in [2.45, 2.75) is 25.9 Å². The molecule has 0 aliphatic carbocycles. The lowest BCUT2D eigenvalue weighted by molar-refractivity contribution is 0.0724. The minimum atomic E-state index is -0.880. The van der Waals surface area contributed by atoms with Crippen molar-refractivity contribution in [3.8, 4) is 0 Å². The van der Waals surface area contributed by atoms with E-state index in [1.807, 2.05) is 13.2 Å². The Balaban J connectivity index is 2.66. The number of hydrogen-bond donors (Lipinski definition) is 2. The Labute approximate surface area is 112 Å². The summed E-state index contributed by atoms with van der Waals surface area (Å²) in [5.41, 5.74) is 0.668. The molecule has 0 aliphatic rings. The van der Waals surface area contributed by atoms with Gasteiger partial charge in [-0.1, -0.05) is 6.92 Å². The molecule has 0 saturated carbocycles. The molecule has 1 unspecified atom stereocenters. The lowest BCUT2D eigenvalue weighted by atomic mass is 10.1. The number of aryl methyl sites for hydroxylation is 1. The summed E-state index contributed by atoms with van der Waals surface area (Å²) in [5.74, 6) is 0.431. The van der Waals surface area contributed by atoms with E-state index in [1.54, 1.807) is 37.1 Å². The van der Waals surface area contributed by atoms with Gasteiger partial charge in [0.1, 0.15) is 0 Å². The zero-order valence-corrected chi connectivity index (χ0v) is 11.9. The standard InChI is InChI=1S/C13H20N2O2S/c1-4-10-7-14-6-5-11(10)12(16)15-8-13(2,17)9-18-3/h5-7,17H,4,8-9H2,1-3H3,(H,15,16). The SMILES string of the molecule is CCc1cnccc1C(=O)NCC(C)(O)CSC. The van der Waals surface area contributed by atoms with E-state index in [0.29, 0.717) is 11.3 Å². The number of nitrogens with one attached hydrogen (secondary N) is 1. The van der Waals surface area contributed by atoms with E-state index in [0.717, 1.165) is 12.0 Å². The number of pyridine rings is 1. The molecule has 0 radical (unpaired) electrons. The molecule has 0 bridgehead atoms. The summed E-state index contributed by atoms with van der Waals surface area (Å²) < 4.78 is 0. The maximum atomic E-state index is 12.0. The molecule has 0 spiro atoms. The summed E-state index contributed by atoms with van der Waals surface area (Å²) in [6.45, 7) is 3.95. The number of thioether (sulfide) groups is 1. The maximum Gasteiger partial charge on any atom is 0.251 e. The van der Waals surface area contributed by atoms with Crippen LogP contribution in [0.3, 0.4) is 0 Å². The summed E-state index contributed by atoms with van der Waals surface area (Å²) in [6.07, 6.45) is 6.00. The van der Waals surface area contributed by atoms with Gasteiger partial charge in [-0.2, -0.15) is 11.8 Å². The van der Waals surface area contributed by atoms with Crippen molar-refractivity contribution in [3.63, 3.8) is 0 Å². The van der Waals surface area contributed by atoms with Gasteiger partial charge >= 0.3 is 0 Å². The van der Waals surface area contributed by atoms with Crippen LogP contribution >= 0.6 is 11.8 Å². The minimum Gasteiger partial charge on any atom is -0.387 e. The van der Waals surface area contributed by atoms with Gasteiger partial charge < -0.3 is 10.4 Å². The summed E-state index contributed by atoms with van der Waals surface area (Å²) in [5, 5.41) is 12.8. The predicted molar refractivity (Wildman–Crippen MR) is 75.0 cm³/mol. The highest BCUT2D eigenvalue weighted by atomic mass is 32.2. The molecule has 1 aromatic heterocycles. The van der Waals surface area contributed by atoms with Gasteiger partial charge in [-0.3, -0.25) is 9.78 Å². The topological polar surface area (TPSA) is 62.2 Å². The molecule has 4 nitrogen and oxygen atoms in total. The number of rotatable bonds is 6. The van der Waals surface area contributed by atoms with Crippen molar-refractivity contribution < 1.29 is 9.90 Å². The van der Waals surface area contributed by atoms with Gasteiger partial charge in [-0.05, 0) is 31.2 Å². The van der Waals surface area contributed by atoms with Crippen molar-refractivity contribution >= 4 is 17.7 Å². The summed E-state index contributed by atoms with van der Waals surface area (Å²) in [7, 11) is 0. The fourth-order valence-electron chi connectivity index (χ4n) is 1.66. The average Bonchev–Trinajstić information content (AvgIpc) is 2.36. The molecule has 1 rings (SSSR count). The first-order valence-corrected chi connectivity index (χ1v) is 7.32. The van der Waals surface area contributed by atoms with Crippen LogP contribution < -0.4 is 5.32 Å². The summed E-state index contributed by atoms with van der Waals surface area (Å²) in [4.78, 5) is 16.0. The van der Waals surface area contributed by atoms with Crippen LogP contribution in [-0.4, -0.2) is 40.2 Å². The van der Waals surface area contributed by atoms with Crippen LogP contribution in [0.25, 0.3) is 0 Å². The first-order chi connectivity index (χ1) is 8.50. The molecule has 0 aromatic carbocycles. The lowest BCUT2D eigenvalue weighted by Crippen LogP contribution is -2.42. The Hall–Kier alpha value is -1.07. The highest BCUT2D eigenvalue weighted by Crippen LogP contribution is 2.11. The van der Waals surface area contributed by atoms with Gasteiger partial charge in [0.25, 0.3) is 5.91 Å². The Morgan fingerprint density at radius 2 is 2.33 bits per heavy atom.